The standard InChI is InChI=1S/C18H28N2O/c1-14(2)20-13-16(17-8-5-6-9-18(17)20)12-19-10-7-11-21-15(3)4/h5-6,8-9,13-15,19H,7,10-12H2,1-4H3. The zero-order chi connectivity index (χ0) is 15.2. The van der Waals surface area contributed by atoms with Gasteiger partial charge in [-0.25, -0.2) is 0 Å². The highest BCUT2D eigenvalue weighted by atomic mass is 16.5. The van der Waals surface area contributed by atoms with Gasteiger partial charge >= 0.3 is 0 Å². The van der Waals surface area contributed by atoms with Crippen LogP contribution in [0.4, 0.5) is 0 Å². The molecule has 21 heavy (non-hydrogen) atoms. The summed E-state index contributed by atoms with van der Waals surface area (Å²) in [5, 5.41) is 4.88. The minimum Gasteiger partial charge on any atom is -0.379 e. The molecule has 0 saturated carbocycles. The Hall–Kier alpha value is -1.32. The van der Waals surface area contributed by atoms with Crippen LogP contribution in [0.15, 0.2) is 30.5 Å². The van der Waals surface area contributed by atoms with Gasteiger partial charge in [-0.15, -0.1) is 0 Å². The van der Waals surface area contributed by atoms with Gasteiger partial charge < -0.3 is 14.6 Å². The van der Waals surface area contributed by atoms with Gasteiger partial charge in [-0.2, -0.15) is 0 Å². The van der Waals surface area contributed by atoms with E-state index >= 15 is 0 Å². The molecule has 1 heterocycles. The van der Waals surface area contributed by atoms with Gasteiger partial charge in [0, 0.05) is 36.3 Å². The summed E-state index contributed by atoms with van der Waals surface area (Å²) in [6.45, 7) is 11.4. The Balaban J connectivity index is 1.93. The molecule has 0 aliphatic rings. The predicted octanol–water partition coefficient (Wildman–Crippen LogP) is 4.13. The molecule has 0 unspecified atom stereocenters. The summed E-state index contributed by atoms with van der Waals surface area (Å²) >= 11 is 0. The maximum absolute atomic E-state index is 5.56. The molecule has 0 spiro atoms. The summed E-state index contributed by atoms with van der Waals surface area (Å²) in [6, 6.07) is 9.14. The number of benzene rings is 1. The van der Waals surface area contributed by atoms with Gasteiger partial charge in [-0.1, -0.05) is 18.2 Å². The lowest BCUT2D eigenvalue weighted by molar-refractivity contribution is 0.0770. The van der Waals surface area contributed by atoms with E-state index in [2.05, 4.69) is 68.0 Å². The molecule has 0 bridgehead atoms. The Kier molecular flexibility index (Phi) is 5.83. The van der Waals surface area contributed by atoms with Gasteiger partial charge in [0.05, 0.1) is 6.10 Å². The molecule has 0 atom stereocenters. The topological polar surface area (TPSA) is 26.2 Å². The summed E-state index contributed by atoms with van der Waals surface area (Å²) in [7, 11) is 0. The molecule has 1 aromatic heterocycles. The van der Waals surface area contributed by atoms with E-state index in [1.807, 2.05) is 0 Å². The molecule has 0 aliphatic carbocycles. The number of para-hydroxylation sites is 1. The van der Waals surface area contributed by atoms with E-state index < -0.39 is 0 Å². The fourth-order valence-corrected chi connectivity index (χ4v) is 2.58. The molecule has 3 heteroatoms. The van der Waals surface area contributed by atoms with Crippen molar-refractivity contribution >= 4 is 10.9 Å². The van der Waals surface area contributed by atoms with Crippen molar-refractivity contribution < 1.29 is 4.74 Å². The molecule has 1 N–H and O–H groups in total. The Morgan fingerprint density at radius 1 is 1.14 bits per heavy atom. The molecule has 0 aliphatic heterocycles. The van der Waals surface area contributed by atoms with Crippen LogP contribution in [0, 0.1) is 0 Å². The molecule has 1 aromatic carbocycles. The number of hydrogen-bond donors (Lipinski definition) is 1. The molecule has 116 valence electrons. The average Bonchev–Trinajstić information content (AvgIpc) is 2.82. The quantitative estimate of drug-likeness (QED) is 0.739. The average molecular weight is 288 g/mol. The Labute approximate surface area is 128 Å². The van der Waals surface area contributed by atoms with Crippen LogP contribution < -0.4 is 5.32 Å². The molecule has 3 nitrogen and oxygen atoms in total. The van der Waals surface area contributed by atoms with Crippen molar-refractivity contribution in [2.24, 2.45) is 0 Å². The second-order valence-corrected chi connectivity index (χ2v) is 6.12. The third-order valence-corrected chi connectivity index (χ3v) is 3.64. The maximum atomic E-state index is 5.56. The maximum Gasteiger partial charge on any atom is 0.0518 e. The summed E-state index contributed by atoms with van der Waals surface area (Å²) in [4.78, 5) is 0. The fraction of sp³-hybridized carbons (Fsp3) is 0.556. The van der Waals surface area contributed by atoms with Crippen LogP contribution in [0.5, 0.6) is 0 Å². The van der Waals surface area contributed by atoms with E-state index in [0.29, 0.717) is 12.1 Å². The summed E-state index contributed by atoms with van der Waals surface area (Å²) in [5.41, 5.74) is 2.71. The first-order chi connectivity index (χ1) is 10.1. The van der Waals surface area contributed by atoms with Crippen LogP contribution in [0.25, 0.3) is 10.9 Å². The van der Waals surface area contributed by atoms with Crippen molar-refractivity contribution in [3.05, 3.63) is 36.0 Å². The third kappa shape index (κ3) is 4.32. The number of hydrogen-bond acceptors (Lipinski definition) is 2. The predicted molar refractivity (Wildman–Crippen MR) is 89.7 cm³/mol. The van der Waals surface area contributed by atoms with Crippen LogP contribution in [0.2, 0.25) is 0 Å². The van der Waals surface area contributed by atoms with Crippen LogP contribution in [0.3, 0.4) is 0 Å². The molecular weight excluding hydrogens is 260 g/mol. The monoisotopic (exact) mass is 288 g/mol. The van der Waals surface area contributed by atoms with Crippen molar-refractivity contribution in [1.82, 2.24) is 9.88 Å². The van der Waals surface area contributed by atoms with Gasteiger partial charge in [-0.3, -0.25) is 0 Å². The minimum atomic E-state index is 0.328. The Bertz CT molecular complexity index is 557. The van der Waals surface area contributed by atoms with Crippen LogP contribution in [0.1, 0.15) is 45.7 Å². The molecule has 0 amide bonds. The summed E-state index contributed by atoms with van der Waals surface area (Å²) in [6.07, 6.45) is 3.67. The minimum absolute atomic E-state index is 0.328. The fourth-order valence-electron chi connectivity index (χ4n) is 2.58. The van der Waals surface area contributed by atoms with E-state index in [-0.39, 0.29) is 0 Å². The van der Waals surface area contributed by atoms with Crippen molar-refractivity contribution in [2.45, 2.75) is 52.8 Å². The first kappa shape index (κ1) is 16.1. The normalized spacial score (nSPS) is 11.9. The van der Waals surface area contributed by atoms with Crippen molar-refractivity contribution in [2.75, 3.05) is 13.2 Å². The lowest BCUT2D eigenvalue weighted by atomic mass is 10.2. The van der Waals surface area contributed by atoms with E-state index in [9.17, 15) is 0 Å². The number of ether oxygens (including phenoxy) is 1. The molecule has 0 radical (unpaired) electrons. The third-order valence-electron chi connectivity index (χ3n) is 3.64. The van der Waals surface area contributed by atoms with E-state index in [1.54, 1.807) is 0 Å². The Morgan fingerprint density at radius 3 is 2.62 bits per heavy atom. The van der Waals surface area contributed by atoms with Crippen LogP contribution >= 0.6 is 0 Å². The molecule has 0 fully saturated rings. The molecule has 0 saturated heterocycles. The first-order valence-electron chi connectivity index (χ1n) is 8.00. The highest BCUT2D eigenvalue weighted by Crippen LogP contribution is 2.24. The largest absolute Gasteiger partial charge is 0.379 e. The Morgan fingerprint density at radius 2 is 1.90 bits per heavy atom. The molecule has 2 aromatic rings. The van der Waals surface area contributed by atoms with Gasteiger partial charge in [0.15, 0.2) is 0 Å². The van der Waals surface area contributed by atoms with Gasteiger partial charge in [0.25, 0.3) is 0 Å². The van der Waals surface area contributed by atoms with Crippen molar-refractivity contribution in [3.63, 3.8) is 0 Å². The molecular formula is C18H28N2O. The number of fused-ring (bicyclic) bond motifs is 1. The SMILES string of the molecule is CC(C)OCCCNCc1cn(C(C)C)c2ccccc12. The number of aromatic nitrogens is 1. The smallest absolute Gasteiger partial charge is 0.0518 e. The van der Waals surface area contributed by atoms with E-state index in [0.717, 1.165) is 26.1 Å². The van der Waals surface area contributed by atoms with Crippen LogP contribution in [-0.4, -0.2) is 23.8 Å². The second-order valence-electron chi connectivity index (χ2n) is 6.12. The van der Waals surface area contributed by atoms with Crippen molar-refractivity contribution in [3.8, 4) is 0 Å². The van der Waals surface area contributed by atoms with Crippen molar-refractivity contribution in [1.29, 1.82) is 0 Å². The number of nitrogens with zero attached hydrogens (tertiary/aromatic N) is 1. The lowest BCUT2D eigenvalue weighted by Crippen LogP contribution is -2.17. The second kappa shape index (κ2) is 7.62. The van der Waals surface area contributed by atoms with Crippen LogP contribution in [-0.2, 0) is 11.3 Å². The van der Waals surface area contributed by atoms with E-state index in [4.69, 9.17) is 4.74 Å². The number of nitrogens with one attached hydrogen (secondary N) is 1. The highest BCUT2D eigenvalue weighted by Gasteiger charge is 2.09. The van der Waals surface area contributed by atoms with Gasteiger partial charge in [0.1, 0.15) is 0 Å². The number of rotatable bonds is 8. The zero-order valence-corrected chi connectivity index (χ0v) is 13.7. The first-order valence-corrected chi connectivity index (χ1v) is 8.00. The zero-order valence-electron chi connectivity index (χ0n) is 13.7. The lowest BCUT2D eigenvalue weighted by Gasteiger charge is -2.08. The summed E-state index contributed by atoms with van der Waals surface area (Å²) < 4.78 is 7.91. The molecule has 2 rings (SSSR count). The highest BCUT2D eigenvalue weighted by molar-refractivity contribution is 5.84. The summed E-state index contributed by atoms with van der Waals surface area (Å²) in [5.74, 6) is 0. The van der Waals surface area contributed by atoms with Gasteiger partial charge in [0.2, 0.25) is 0 Å². The van der Waals surface area contributed by atoms with E-state index in [1.165, 1.54) is 16.5 Å². The van der Waals surface area contributed by atoms with Gasteiger partial charge in [-0.05, 0) is 52.3 Å².